The first kappa shape index (κ1) is 115. The number of hydrogen-bond donors (Lipinski definition) is 4. The van der Waals surface area contributed by atoms with Crippen molar-refractivity contribution in [3.05, 3.63) is 274 Å². The second-order valence-corrected chi connectivity index (χ2v) is 28.1. The van der Waals surface area contributed by atoms with Crippen LogP contribution in [-0.2, 0) is 83.9 Å². The average molecular weight is 1980 g/mol. The van der Waals surface area contributed by atoms with Crippen LogP contribution in [0, 0.1) is 46.5 Å². The molecule has 641 valence electrons. The number of methoxy groups -OCH3 is 5. The molecule has 0 amide bonds. The van der Waals surface area contributed by atoms with Gasteiger partial charge in [-0.25, -0.2) is 39.3 Å². The standard InChI is InChI=1S/C11H12ClFO2.C11H13FO3.C11H11FO3.C10H11FO2.C9H9FO2.2C9H9FO.C6H5FO.C3H5Br.C2H4Cl2O.CH3I.B.Cl2OS.2Na.H2.2H/c1-14-6-10-4-7-2-9(13)3-8(5-12)11(7)15-10;2*1-14-6-10-4-7-2-9(12)3-8(5-13)11(7)15-10;1-12-6-9-5-7-4-8(11)2-3-10(7)13-9;10-7-1-2-9-6(3-7)4-8(5-11)12-9;1-2-7-11-9-5-3-8(10)4-6-9;1-2-3-7-6-8(10)4-5-9(7)11;7-5-1-3-6(8)4-2-5;1-2-3-4;1-5-2(3)4;1-2;;1-4(2)3;;;;;/h2-3,10H,4-6H2,1H3;2-3,10,13H,4-6H2,1H3;2-3,5,10H,4,6H2,1H3;2-4,9H,5-6H2,1H3;1-3,8,11H,4-5H2;2-6H,1,7H2;2,4-6,11H,1,3H2;1-4,8H;2H,1,3H2;2H,1H3;1H3;;;;;1H;;/q;;;;;;;;;;;;;2*+1;;2*-1/i;;;;;;;;;;;;;;;1+1;;. The fourth-order valence-corrected chi connectivity index (χ4v) is 10.7. The van der Waals surface area contributed by atoms with Crippen molar-refractivity contribution in [3.8, 4) is 46.0 Å². The number of aliphatic hydroxyl groups excluding tert-OH is 2. The number of hydrogen-bond acceptors (Lipinski definition) is 17. The zero-order chi connectivity index (χ0) is 86.0. The Morgan fingerprint density at radius 1 is 0.525 bits per heavy atom. The van der Waals surface area contributed by atoms with Crippen molar-refractivity contribution in [2.75, 3.05) is 85.5 Å². The fraction of sp³-hybridized carbons (Fsp3) is 0.329. The molecule has 4 N–H and O–H groups in total. The van der Waals surface area contributed by atoms with Crippen molar-refractivity contribution in [2.24, 2.45) is 0 Å². The summed E-state index contributed by atoms with van der Waals surface area (Å²) in [6, 6.07) is 32.0. The summed E-state index contributed by atoms with van der Waals surface area (Å²) in [5, 5.41) is 35.8. The molecule has 17 nitrogen and oxygen atoms in total. The van der Waals surface area contributed by atoms with Gasteiger partial charge in [0.2, 0.25) is 14.2 Å². The number of aromatic hydroxyl groups is 2. The zero-order valence-electron chi connectivity index (χ0n) is 68.0. The molecule has 0 aromatic heterocycles. The number of benzene rings is 8. The fourth-order valence-electron chi connectivity index (χ4n) is 10.5. The molecule has 5 aliphatic rings. The van der Waals surface area contributed by atoms with Gasteiger partial charge in [0.15, 0.2) is 6.29 Å². The number of phenolic OH excluding ortho intramolecular Hbond substituents is 2. The molecule has 36 heteroatoms. The number of halogens is 15. The predicted octanol–water partition coefficient (Wildman–Crippen LogP) is 13.6. The van der Waals surface area contributed by atoms with Gasteiger partial charge in [0, 0.05) is 149 Å². The summed E-state index contributed by atoms with van der Waals surface area (Å²) in [6.07, 6.45) is 9.03. The van der Waals surface area contributed by atoms with Crippen LogP contribution in [0.15, 0.2) is 177 Å². The van der Waals surface area contributed by atoms with Crippen LogP contribution in [0.1, 0.15) is 59.1 Å². The maximum absolute atomic E-state index is 13.2. The van der Waals surface area contributed by atoms with E-state index in [4.69, 9.17) is 107 Å². The van der Waals surface area contributed by atoms with E-state index < -0.39 is 20.1 Å². The van der Waals surface area contributed by atoms with Gasteiger partial charge in [0.05, 0.1) is 51.1 Å². The number of aldehydes is 1. The average Bonchev–Trinajstić information content (AvgIpc) is 1.70. The van der Waals surface area contributed by atoms with Crippen molar-refractivity contribution in [1.29, 1.82) is 0 Å². The van der Waals surface area contributed by atoms with Gasteiger partial charge in [0.1, 0.15) is 130 Å². The predicted molar refractivity (Wildman–Crippen MR) is 457 cm³/mol. The maximum atomic E-state index is 13.2. The summed E-state index contributed by atoms with van der Waals surface area (Å²) in [5.41, 5.74) is 6.25. The largest absolute Gasteiger partial charge is 1.00 e. The number of ether oxygens (including phenoxy) is 11. The Morgan fingerprint density at radius 3 is 1.26 bits per heavy atom. The Hall–Kier alpha value is -4.92. The Morgan fingerprint density at radius 2 is 0.873 bits per heavy atom. The molecule has 5 heterocycles. The van der Waals surface area contributed by atoms with E-state index in [1.54, 1.807) is 70.9 Å². The number of alkyl halides is 5. The zero-order valence-corrected chi connectivity index (χ0v) is 78.4. The van der Waals surface area contributed by atoms with Crippen molar-refractivity contribution in [3.63, 3.8) is 0 Å². The summed E-state index contributed by atoms with van der Waals surface area (Å²) in [5.74, 6) is 2.06. The molecule has 118 heavy (non-hydrogen) atoms. The molecule has 8 aromatic carbocycles. The molecule has 5 atom stereocenters. The molecule has 0 saturated heterocycles. The van der Waals surface area contributed by atoms with Gasteiger partial charge in [-0.15, -0.1) is 24.8 Å². The van der Waals surface area contributed by atoms with E-state index in [2.05, 4.69) is 84.4 Å². The van der Waals surface area contributed by atoms with Gasteiger partial charge in [-0.05, 0) is 151 Å². The van der Waals surface area contributed by atoms with E-state index >= 15 is 0 Å². The summed E-state index contributed by atoms with van der Waals surface area (Å²) in [7, 11) is 15.2. The van der Waals surface area contributed by atoms with Crippen LogP contribution in [0.4, 0.5) is 35.1 Å². The molecule has 5 unspecified atom stereocenters. The third kappa shape index (κ3) is 45.5. The van der Waals surface area contributed by atoms with Gasteiger partial charge in [-0.2, -0.15) is 0 Å². The van der Waals surface area contributed by atoms with Gasteiger partial charge in [-0.1, -0.05) is 86.5 Å². The molecule has 3 radical (unpaired) electrons. The monoisotopic (exact) mass is 1970 g/mol. The maximum Gasteiger partial charge on any atom is 1.00 e. The summed E-state index contributed by atoms with van der Waals surface area (Å²) >= 11 is 21.0. The number of rotatable bonds is 19. The van der Waals surface area contributed by atoms with Crippen LogP contribution in [-0.4, -0.2) is 160 Å². The van der Waals surface area contributed by atoms with Crippen LogP contribution < -0.4 is 87.5 Å². The van der Waals surface area contributed by atoms with Crippen LogP contribution in [0.5, 0.6) is 46.0 Å². The number of fused-ring (bicyclic) bond motifs is 5. The molecule has 0 saturated carbocycles. The topological polar surface area (TPSA) is 217 Å². The molecular formula is C82H95BBrCl5F8INa2O17S. The second-order valence-electron chi connectivity index (χ2n) is 23.6. The number of phenols is 2. The quantitative estimate of drug-likeness (QED) is 0.0113. The van der Waals surface area contributed by atoms with E-state index in [0.29, 0.717) is 111 Å². The van der Waals surface area contributed by atoms with Crippen LogP contribution in [0.3, 0.4) is 0 Å². The molecule has 13 rings (SSSR count). The van der Waals surface area contributed by atoms with Gasteiger partial charge < -0.3 is 75.4 Å². The number of aliphatic hydroxyl groups is 2. The summed E-state index contributed by atoms with van der Waals surface area (Å²) in [4.78, 5) is 12.7. The molecule has 0 aliphatic carbocycles. The minimum Gasteiger partial charge on any atom is -1.00 e. The smallest absolute Gasteiger partial charge is 1.00 e. The number of carbonyl (C=O) groups is 1. The van der Waals surface area contributed by atoms with E-state index in [9.17, 15) is 39.9 Å². The Balaban J connectivity index is -0.000000412. The third-order valence-electron chi connectivity index (χ3n) is 15.1. The Labute approximate surface area is 783 Å². The Bertz CT molecular complexity index is 4140. The second kappa shape index (κ2) is 66.6. The first-order valence-electron chi connectivity index (χ1n) is 34.2. The van der Waals surface area contributed by atoms with Gasteiger partial charge in [0.25, 0.3) is 0 Å². The molecule has 0 bridgehead atoms. The molecular weight excluding hydrogens is 1880 g/mol. The van der Waals surface area contributed by atoms with E-state index in [0.717, 1.165) is 51.1 Å². The third-order valence-corrected chi connectivity index (χ3v) is 16.2. The molecule has 5 aliphatic heterocycles. The number of carbonyl (C=O) groups excluding carboxylic acids is 1. The van der Waals surface area contributed by atoms with Crippen molar-refractivity contribution in [2.45, 2.75) is 86.6 Å². The normalized spacial score (nSPS) is 14.7. The van der Waals surface area contributed by atoms with Crippen LogP contribution in [0.25, 0.3) is 0 Å². The van der Waals surface area contributed by atoms with E-state index in [-0.39, 0.29) is 179 Å². The molecule has 0 spiro atoms. The van der Waals surface area contributed by atoms with Crippen LogP contribution >= 0.6 is 94.7 Å². The molecule has 8 aromatic rings. The minimum absolute atomic E-state index is 0. The first-order chi connectivity index (χ1) is 55.1. The molecule has 0 fully saturated rings. The van der Waals surface area contributed by atoms with Crippen LogP contribution in [0.2, 0.25) is 0 Å². The van der Waals surface area contributed by atoms with Crippen molar-refractivity contribution >= 4 is 119 Å². The number of allylic oxidation sites excluding steroid dienone is 2. The summed E-state index contributed by atoms with van der Waals surface area (Å²) < 4.78 is 168. The van der Waals surface area contributed by atoms with Gasteiger partial charge >= 0.3 is 59.1 Å². The van der Waals surface area contributed by atoms with E-state index in [1.165, 1.54) is 122 Å². The SMILES string of the molecule is C=CCBr.C=CCOc1ccc(F)cc1.C=CCc1cc(F)ccc1O.CI.COC(Cl)Cl.COCC1Cc2cc(F)cc(C=O)c2O1.COCC1Cc2cc(F)cc(CCl)c2O1.COCC1Cc2cc(F)cc(CO)c2O1.COCC1Cc2cc(F)ccc2O1.O=S(Cl)Cl.OCC1Cc2cc(F)ccc2O1.Oc1ccc(F)cc1.[2HH].[B].[H-].[H-].[Na+].[Na+]. The summed E-state index contributed by atoms with van der Waals surface area (Å²) in [6.45, 7) is 12.6. The minimum atomic E-state index is -1.67. The first-order valence-corrected chi connectivity index (χ1v) is 41.7. The van der Waals surface area contributed by atoms with Crippen molar-refractivity contribution in [1.82, 2.24) is 0 Å². The van der Waals surface area contributed by atoms with Gasteiger partial charge in [-0.3, -0.25) is 4.79 Å². The van der Waals surface area contributed by atoms with Crippen molar-refractivity contribution < 1.29 is 180 Å². The Kier molecular flexibility index (Phi) is 65.0. The van der Waals surface area contributed by atoms with E-state index in [1.807, 2.05) is 4.93 Å².